The Morgan fingerprint density at radius 1 is 1.10 bits per heavy atom. The first-order valence-corrected chi connectivity index (χ1v) is 10.8. The maximum Gasteiger partial charge on any atom is 0.253 e. The fourth-order valence-electron chi connectivity index (χ4n) is 4.23. The van der Waals surface area contributed by atoms with Crippen molar-refractivity contribution in [2.75, 3.05) is 53.0 Å². The van der Waals surface area contributed by atoms with Gasteiger partial charge >= 0.3 is 0 Å². The molecular weight excluding hydrogens is 368 g/mol. The normalized spacial score (nSPS) is 20.7. The lowest BCUT2D eigenvalue weighted by atomic mass is 9.95. The number of nitrogens with zero attached hydrogens (tertiary/aromatic N) is 2. The predicted octanol–water partition coefficient (Wildman–Crippen LogP) is 2.87. The first-order chi connectivity index (χ1) is 14.1. The molecule has 0 aromatic heterocycles. The van der Waals surface area contributed by atoms with Crippen molar-refractivity contribution in [3.8, 4) is 0 Å². The van der Waals surface area contributed by atoms with Crippen molar-refractivity contribution in [2.45, 2.75) is 38.7 Å². The van der Waals surface area contributed by atoms with Crippen LogP contribution in [0.4, 0.5) is 0 Å². The van der Waals surface area contributed by atoms with Crippen LogP contribution in [0.3, 0.4) is 0 Å². The van der Waals surface area contributed by atoms with E-state index in [2.05, 4.69) is 4.90 Å². The molecule has 6 heteroatoms. The molecule has 1 amide bonds. The summed E-state index contributed by atoms with van der Waals surface area (Å²) in [5.74, 6) is 0.563. The maximum absolute atomic E-state index is 13.3. The van der Waals surface area contributed by atoms with Gasteiger partial charge in [0.05, 0.1) is 12.7 Å². The van der Waals surface area contributed by atoms with Crippen LogP contribution in [0.15, 0.2) is 24.3 Å². The maximum atomic E-state index is 13.3. The number of ether oxygens (including phenoxy) is 2. The number of benzene rings is 1. The molecule has 2 aliphatic rings. The van der Waals surface area contributed by atoms with E-state index in [1.54, 1.807) is 38.3 Å². The third-order valence-electron chi connectivity index (χ3n) is 6.07. The second-order valence-corrected chi connectivity index (χ2v) is 8.26. The Balaban J connectivity index is 1.63. The van der Waals surface area contributed by atoms with Crippen molar-refractivity contribution in [3.05, 3.63) is 35.4 Å². The van der Waals surface area contributed by atoms with E-state index in [9.17, 15) is 9.59 Å². The van der Waals surface area contributed by atoms with E-state index in [-0.39, 0.29) is 17.8 Å². The molecule has 2 heterocycles. The fraction of sp³-hybridized carbons (Fsp3) is 0.652. The van der Waals surface area contributed by atoms with Gasteiger partial charge in [0.25, 0.3) is 5.91 Å². The number of hydrogen-bond donors (Lipinski definition) is 0. The zero-order valence-electron chi connectivity index (χ0n) is 17.8. The van der Waals surface area contributed by atoms with Gasteiger partial charge in [-0.25, -0.2) is 0 Å². The minimum Gasteiger partial charge on any atom is -0.383 e. The average molecular weight is 403 g/mol. The first kappa shape index (κ1) is 21.9. The number of amides is 1. The Labute approximate surface area is 174 Å². The van der Waals surface area contributed by atoms with E-state index in [0.717, 1.165) is 65.1 Å². The van der Waals surface area contributed by atoms with Gasteiger partial charge in [-0.15, -0.1) is 0 Å². The summed E-state index contributed by atoms with van der Waals surface area (Å²) < 4.78 is 11.0. The van der Waals surface area contributed by atoms with Crippen molar-refractivity contribution < 1.29 is 19.1 Å². The van der Waals surface area contributed by atoms with E-state index >= 15 is 0 Å². The summed E-state index contributed by atoms with van der Waals surface area (Å²) in [6.45, 7) is 7.61. The van der Waals surface area contributed by atoms with Gasteiger partial charge in [-0.2, -0.15) is 0 Å². The lowest BCUT2D eigenvalue weighted by molar-refractivity contribution is 0.0437. The molecular formula is C23H34N2O4. The van der Waals surface area contributed by atoms with E-state index in [4.69, 9.17) is 9.47 Å². The van der Waals surface area contributed by atoms with Crippen LogP contribution in [0.1, 0.15) is 53.3 Å². The van der Waals surface area contributed by atoms with Gasteiger partial charge in [-0.1, -0.05) is 12.1 Å². The highest BCUT2D eigenvalue weighted by Crippen LogP contribution is 2.22. The van der Waals surface area contributed by atoms with Gasteiger partial charge in [0.2, 0.25) is 0 Å². The Hall–Kier alpha value is -1.76. The molecule has 2 fully saturated rings. The van der Waals surface area contributed by atoms with Crippen LogP contribution in [-0.2, 0) is 9.47 Å². The molecule has 160 valence electrons. The molecule has 0 bridgehead atoms. The van der Waals surface area contributed by atoms with E-state index < -0.39 is 0 Å². The van der Waals surface area contributed by atoms with Gasteiger partial charge in [-0.3, -0.25) is 9.59 Å². The molecule has 0 spiro atoms. The van der Waals surface area contributed by atoms with Crippen molar-refractivity contribution in [1.29, 1.82) is 0 Å². The number of likely N-dealkylation sites (tertiary alicyclic amines) is 1. The Bertz CT molecular complexity index is 662. The second-order valence-electron chi connectivity index (χ2n) is 8.26. The Kier molecular flexibility index (Phi) is 8.21. The molecule has 0 aliphatic carbocycles. The van der Waals surface area contributed by atoms with E-state index in [0.29, 0.717) is 23.6 Å². The van der Waals surface area contributed by atoms with Crippen LogP contribution >= 0.6 is 0 Å². The molecule has 1 aromatic rings. The number of ketones is 1. The summed E-state index contributed by atoms with van der Waals surface area (Å²) in [6, 6.07) is 7.03. The molecule has 0 unspecified atom stereocenters. The van der Waals surface area contributed by atoms with Gasteiger partial charge in [0, 0.05) is 44.5 Å². The molecule has 1 aromatic carbocycles. The SMILES string of the molecule is COCCN1CCC(CN(C[C@H]2CCCO2)C(=O)c2ccc(C(C)=O)cc2)CC1. The quantitative estimate of drug-likeness (QED) is 0.595. The van der Waals surface area contributed by atoms with E-state index in [1.807, 2.05) is 4.90 Å². The summed E-state index contributed by atoms with van der Waals surface area (Å²) in [6.07, 6.45) is 4.42. The summed E-state index contributed by atoms with van der Waals surface area (Å²) in [5, 5.41) is 0. The average Bonchev–Trinajstić information content (AvgIpc) is 3.25. The van der Waals surface area contributed by atoms with Gasteiger partial charge in [0.1, 0.15) is 0 Å². The molecule has 0 saturated carbocycles. The van der Waals surface area contributed by atoms with Gasteiger partial charge < -0.3 is 19.3 Å². The lowest BCUT2D eigenvalue weighted by Gasteiger charge is -2.35. The van der Waals surface area contributed by atoms with Gasteiger partial charge in [0.15, 0.2) is 5.78 Å². The standard InChI is InChI=1S/C23H34N2O4/c1-18(26)20-5-7-21(8-6-20)23(27)25(17-22-4-3-14-29-22)16-19-9-11-24(12-10-19)13-15-28-2/h5-8,19,22H,3-4,9-17H2,1-2H3/t22-/m1/s1. The molecule has 3 rings (SSSR count). The van der Waals surface area contributed by atoms with Crippen LogP contribution in [-0.4, -0.2) is 80.6 Å². The van der Waals surface area contributed by atoms with Crippen molar-refractivity contribution in [1.82, 2.24) is 9.80 Å². The Morgan fingerprint density at radius 3 is 2.38 bits per heavy atom. The minimum absolute atomic E-state index is 0.0143. The highest BCUT2D eigenvalue weighted by atomic mass is 16.5. The molecule has 29 heavy (non-hydrogen) atoms. The molecule has 1 atom stereocenters. The zero-order valence-corrected chi connectivity index (χ0v) is 17.8. The first-order valence-electron chi connectivity index (χ1n) is 10.8. The minimum atomic E-state index is 0.0143. The summed E-state index contributed by atoms with van der Waals surface area (Å²) in [4.78, 5) is 29.2. The summed E-state index contributed by atoms with van der Waals surface area (Å²) >= 11 is 0. The van der Waals surface area contributed by atoms with Crippen LogP contribution < -0.4 is 0 Å². The molecule has 2 aliphatic heterocycles. The van der Waals surface area contributed by atoms with Crippen LogP contribution in [0.2, 0.25) is 0 Å². The highest BCUT2D eigenvalue weighted by molar-refractivity contribution is 5.97. The molecule has 0 radical (unpaired) electrons. The van der Waals surface area contributed by atoms with E-state index in [1.165, 1.54) is 0 Å². The largest absolute Gasteiger partial charge is 0.383 e. The van der Waals surface area contributed by atoms with Crippen molar-refractivity contribution >= 4 is 11.7 Å². The predicted molar refractivity (Wildman–Crippen MR) is 112 cm³/mol. The third-order valence-corrected chi connectivity index (χ3v) is 6.07. The van der Waals surface area contributed by atoms with Crippen LogP contribution in [0.5, 0.6) is 0 Å². The second kappa shape index (κ2) is 10.9. The smallest absolute Gasteiger partial charge is 0.253 e. The fourth-order valence-corrected chi connectivity index (χ4v) is 4.23. The number of hydrogen-bond acceptors (Lipinski definition) is 5. The lowest BCUT2D eigenvalue weighted by Crippen LogP contribution is -2.44. The molecule has 0 N–H and O–H groups in total. The van der Waals surface area contributed by atoms with Crippen molar-refractivity contribution in [3.63, 3.8) is 0 Å². The number of rotatable bonds is 9. The highest BCUT2D eigenvalue weighted by Gasteiger charge is 2.27. The number of carbonyl (C=O) groups is 2. The van der Waals surface area contributed by atoms with Crippen molar-refractivity contribution in [2.24, 2.45) is 5.92 Å². The number of methoxy groups -OCH3 is 1. The zero-order chi connectivity index (χ0) is 20.6. The number of piperidine rings is 1. The monoisotopic (exact) mass is 402 g/mol. The molecule has 6 nitrogen and oxygen atoms in total. The summed E-state index contributed by atoms with van der Waals surface area (Å²) in [5.41, 5.74) is 1.28. The Morgan fingerprint density at radius 2 is 1.79 bits per heavy atom. The topological polar surface area (TPSA) is 59.1 Å². The van der Waals surface area contributed by atoms with Crippen LogP contribution in [0.25, 0.3) is 0 Å². The van der Waals surface area contributed by atoms with Gasteiger partial charge in [-0.05, 0) is 63.7 Å². The third kappa shape index (κ3) is 6.36. The van der Waals surface area contributed by atoms with Crippen LogP contribution in [0, 0.1) is 5.92 Å². The summed E-state index contributed by atoms with van der Waals surface area (Å²) in [7, 11) is 1.74. The molecule has 2 saturated heterocycles. The number of Topliss-reactive ketones (excluding diaryl/α,β-unsaturated/α-hetero) is 1. The number of carbonyl (C=O) groups excluding carboxylic acids is 2.